The van der Waals surface area contributed by atoms with Crippen LogP contribution in [0.25, 0.3) is 11.0 Å². The Morgan fingerprint density at radius 3 is 2.87 bits per heavy atom. The molecule has 1 aliphatic rings. The third-order valence-corrected chi connectivity index (χ3v) is 5.53. The first-order valence-corrected chi connectivity index (χ1v) is 10.8. The van der Waals surface area contributed by atoms with Gasteiger partial charge < -0.3 is 19.5 Å². The Labute approximate surface area is 177 Å². The number of hydrogen-bond donors (Lipinski definition) is 1. The maximum absolute atomic E-state index is 13.0. The summed E-state index contributed by atoms with van der Waals surface area (Å²) in [5.74, 6) is 1.81. The average Bonchev–Trinajstić information content (AvgIpc) is 3.36. The minimum absolute atomic E-state index is 0.00737. The number of nitrogens with zero attached hydrogens (tertiary/aromatic N) is 3. The molecule has 1 saturated heterocycles. The van der Waals surface area contributed by atoms with Crippen molar-refractivity contribution in [3.63, 3.8) is 0 Å². The fourth-order valence-electron chi connectivity index (χ4n) is 4.24. The molecule has 1 fully saturated rings. The summed E-state index contributed by atoms with van der Waals surface area (Å²) in [4.78, 5) is 19.8. The topological polar surface area (TPSA) is 59.4 Å². The molecule has 1 N–H and O–H groups in total. The van der Waals surface area contributed by atoms with Gasteiger partial charge in [0.05, 0.1) is 23.2 Å². The Morgan fingerprint density at radius 1 is 1.23 bits per heavy atom. The fourth-order valence-corrected chi connectivity index (χ4v) is 4.24. The van der Waals surface area contributed by atoms with Crippen molar-refractivity contribution in [1.29, 1.82) is 0 Å². The molecule has 1 aromatic heterocycles. The van der Waals surface area contributed by atoms with E-state index in [2.05, 4.69) is 22.9 Å². The van der Waals surface area contributed by atoms with Crippen molar-refractivity contribution in [2.24, 2.45) is 0 Å². The van der Waals surface area contributed by atoms with Crippen molar-refractivity contribution < 1.29 is 9.53 Å². The van der Waals surface area contributed by atoms with Gasteiger partial charge in [-0.05, 0) is 63.4 Å². The molecular formula is C24H30N4O2. The van der Waals surface area contributed by atoms with Crippen molar-refractivity contribution in [2.75, 3.05) is 6.54 Å². The minimum Gasteiger partial charge on any atom is -0.491 e. The molecule has 2 amide bonds. The Morgan fingerprint density at radius 2 is 2.07 bits per heavy atom. The van der Waals surface area contributed by atoms with Gasteiger partial charge in [-0.15, -0.1) is 0 Å². The summed E-state index contributed by atoms with van der Waals surface area (Å²) >= 11 is 0. The second kappa shape index (κ2) is 8.78. The van der Waals surface area contributed by atoms with E-state index in [-0.39, 0.29) is 18.2 Å². The predicted molar refractivity (Wildman–Crippen MR) is 119 cm³/mol. The molecule has 0 aliphatic carbocycles. The van der Waals surface area contributed by atoms with E-state index in [0.717, 1.165) is 54.1 Å². The number of nitrogens with one attached hydrogen (secondary N) is 1. The van der Waals surface area contributed by atoms with Crippen LogP contribution >= 0.6 is 0 Å². The summed E-state index contributed by atoms with van der Waals surface area (Å²) in [6, 6.07) is 16.0. The number of carbonyl (C=O) groups excluding carboxylic acids is 1. The summed E-state index contributed by atoms with van der Waals surface area (Å²) in [6.45, 7) is 8.20. The lowest BCUT2D eigenvalue weighted by molar-refractivity contribution is 0.189. The van der Waals surface area contributed by atoms with Gasteiger partial charge in [0.25, 0.3) is 0 Å². The van der Waals surface area contributed by atoms with Crippen molar-refractivity contribution in [3.05, 3.63) is 59.9 Å². The zero-order valence-electron chi connectivity index (χ0n) is 18.0. The number of aromatic nitrogens is 2. The number of urea groups is 1. The van der Waals surface area contributed by atoms with E-state index in [4.69, 9.17) is 9.72 Å². The van der Waals surface area contributed by atoms with Gasteiger partial charge >= 0.3 is 6.03 Å². The first-order valence-electron chi connectivity index (χ1n) is 10.8. The largest absolute Gasteiger partial charge is 0.491 e. The van der Waals surface area contributed by atoms with Crippen molar-refractivity contribution in [3.8, 4) is 5.75 Å². The number of benzene rings is 2. The van der Waals surface area contributed by atoms with Crippen LogP contribution in [-0.4, -0.2) is 33.1 Å². The number of hydrogen-bond acceptors (Lipinski definition) is 3. The SMILES string of the molecule is CCn1c(C2CCCN2C(=O)NCc2cccc(OC(C)C)c2)nc2ccccc21. The number of aryl methyl sites for hydroxylation is 1. The normalized spacial score (nSPS) is 16.4. The van der Waals surface area contributed by atoms with Crippen molar-refractivity contribution in [1.82, 2.24) is 19.8 Å². The molecule has 6 heteroatoms. The van der Waals surface area contributed by atoms with Crippen molar-refractivity contribution >= 4 is 17.1 Å². The number of ether oxygens (including phenoxy) is 1. The van der Waals surface area contributed by atoms with Gasteiger partial charge in [0.2, 0.25) is 0 Å². The molecule has 0 bridgehead atoms. The van der Waals surface area contributed by atoms with Crippen LogP contribution in [0.5, 0.6) is 5.75 Å². The molecule has 30 heavy (non-hydrogen) atoms. The third kappa shape index (κ3) is 4.13. The summed E-state index contributed by atoms with van der Waals surface area (Å²) in [6.07, 6.45) is 2.05. The van der Waals surface area contributed by atoms with Crippen LogP contribution in [0.1, 0.15) is 51.0 Å². The number of fused-ring (bicyclic) bond motifs is 1. The van der Waals surface area contributed by atoms with Gasteiger partial charge in [0.15, 0.2) is 0 Å². The van der Waals surface area contributed by atoms with E-state index in [9.17, 15) is 4.79 Å². The summed E-state index contributed by atoms with van der Waals surface area (Å²) in [7, 11) is 0. The first-order chi connectivity index (χ1) is 14.6. The Kier molecular flexibility index (Phi) is 5.93. The average molecular weight is 407 g/mol. The lowest BCUT2D eigenvalue weighted by Gasteiger charge is -2.25. The van der Waals surface area contributed by atoms with Crippen LogP contribution in [0.2, 0.25) is 0 Å². The Bertz CT molecular complexity index is 1030. The van der Waals surface area contributed by atoms with Crippen LogP contribution in [-0.2, 0) is 13.1 Å². The summed E-state index contributed by atoms with van der Waals surface area (Å²) < 4.78 is 7.99. The number of imidazole rings is 1. The fraction of sp³-hybridized carbons (Fsp3) is 0.417. The highest BCUT2D eigenvalue weighted by atomic mass is 16.5. The van der Waals surface area contributed by atoms with Crippen molar-refractivity contribution in [2.45, 2.75) is 58.8 Å². The van der Waals surface area contributed by atoms with E-state index in [1.54, 1.807) is 0 Å². The first kappa shape index (κ1) is 20.3. The number of likely N-dealkylation sites (tertiary alicyclic amines) is 1. The van der Waals surface area contributed by atoms with E-state index in [1.807, 2.05) is 61.2 Å². The zero-order chi connectivity index (χ0) is 21.1. The van der Waals surface area contributed by atoms with Crippen LogP contribution in [0.15, 0.2) is 48.5 Å². The molecule has 0 radical (unpaired) electrons. The summed E-state index contributed by atoms with van der Waals surface area (Å²) in [5.41, 5.74) is 3.14. The van der Waals surface area contributed by atoms with E-state index in [1.165, 1.54) is 0 Å². The number of para-hydroxylation sites is 2. The highest BCUT2D eigenvalue weighted by molar-refractivity contribution is 5.77. The highest BCUT2D eigenvalue weighted by Crippen LogP contribution is 2.33. The van der Waals surface area contributed by atoms with Crippen LogP contribution in [0, 0.1) is 0 Å². The van der Waals surface area contributed by atoms with Crippen LogP contribution < -0.4 is 10.1 Å². The molecule has 1 aliphatic heterocycles. The molecule has 4 rings (SSSR count). The maximum Gasteiger partial charge on any atom is 0.318 e. The molecular weight excluding hydrogens is 376 g/mol. The van der Waals surface area contributed by atoms with E-state index < -0.39 is 0 Å². The van der Waals surface area contributed by atoms with Gasteiger partial charge in [0, 0.05) is 19.6 Å². The van der Waals surface area contributed by atoms with Gasteiger partial charge in [-0.3, -0.25) is 0 Å². The van der Waals surface area contributed by atoms with Gasteiger partial charge in [-0.2, -0.15) is 0 Å². The minimum atomic E-state index is -0.0395. The van der Waals surface area contributed by atoms with Crippen LogP contribution in [0.3, 0.4) is 0 Å². The number of amides is 2. The molecule has 2 aromatic carbocycles. The molecule has 0 spiro atoms. The smallest absolute Gasteiger partial charge is 0.318 e. The number of carbonyl (C=O) groups is 1. The monoisotopic (exact) mass is 406 g/mol. The molecule has 6 nitrogen and oxygen atoms in total. The Balaban J connectivity index is 1.48. The summed E-state index contributed by atoms with van der Waals surface area (Å²) in [5, 5.41) is 3.09. The third-order valence-electron chi connectivity index (χ3n) is 5.53. The van der Waals surface area contributed by atoms with E-state index >= 15 is 0 Å². The zero-order valence-corrected chi connectivity index (χ0v) is 18.0. The van der Waals surface area contributed by atoms with E-state index in [0.29, 0.717) is 6.54 Å². The molecule has 0 saturated carbocycles. The maximum atomic E-state index is 13.0. The van der Waals surface area contributed by atoms with Crippen LogP contribution in [0.4, 0.5) is 4.79 Å². The van der Waals surface area contributed by atoms with Gasteiger partial charge in [-0.25, -0.2) is 9.78 Å². The predicted octanol–water partition coefficient (Wildman–Crippen LogP) is 4.89. The lowest BCUT2D eigenvalue weighted by Crippen LogP contribution is -2.39. The second-order valence-electron chi connectivity index (χ2n) is 8.03. The molecule has 1 unspecified atom stereocenters. The lowest BCUT2D eigenvalue weighted by atomic mass is 10.2. The second-order valence-corrected chi connectivity index (χ2v) is 8.03. The van der Waals surface area contributed by atoms with Gasteiger partial charge in [-0.1, -0.05) is 24.3 Å². The standard InChI is InChI=1S/C24H30N4O2/c1-4-27-21-12-6-5-11-20(21)26-23(27)22-13-8-14-28(22)24(29)25-16-18-9-7-10-19(15-18)30-17(2)3/h5-7,9-12,15,17,22H,4,8,13-14,16H2,1-3H3,(H,25,29). The molecule has 158 valence electrons. The quantitative estimate of drug-likeness (QED) is 0.634. The molecule has 3 aromatic rings. The molecule has 2 heterocycles. The van der Waals surface area contributed by atoms with Gasteiger partial charge in [0.1, 0.15) is 11.6 Å². The number of rotatable bonds is 6. The highest BCUT2D eigenvalue weighted by Gasteiger charge is 2.33. The Hall–Kier alpha value is -3.02. The molecule has 1 atom stereocenters.